The molecule has 0 saturated carbocycles. The van der Waals surface area contributed by atoms with Gasteiger partial charge in [-0.3, -0.25) is 0 Å². The first-order chi connectivity index (χ1) is 6.33. The minimum atomic E-state index is 0.237. The van der Waals surface area contributed by atoms with Gasteiger partial charge in [0.15, 0.2) is 0 Å². The third-order valence-corrected chi connectivity index (χ3v) is 1.45. The molecule has 13 heavy (non-hydrogen) atoms. The van der Waals surface area contributed by atoms with E-state index in [1.807, 2.05) is 6.08 Å². The molecule has 70 valence electrons. The molecule has 1 heterocycles. The highest BCUT2D eigenvalue weighted by atomic mass is 16.5. The van der Waals surface area contributed by atoms with E-state index >= 15 is 0 Å². The highest BCUT2D eigenvalue weighted by Gasteiger charge is 1.95. The van der Waals surface area contributed by atoms with Crippen LogP contribution in [0.2, 0.25) is 0 Å². The predicted molar refractivity (Wildman–Crippen MR) is 51.4 cm³/mol. The van der Waals surface area contributed by atoms with Crippen LogP contribution in [-0.4, -0.2) is 16.6 Å². The summed E-state index contributed by atoms with van der Waals surface area (Å²) in [5.74, 6) is 0.762. The molecule has 0 amide bonds. The first kappa shape index (κ1) is 9.51. The lowest BCUT2D eigenvalue weighted by molar-refractivity contribution is 0.300. The fraction of sp³-hybridized carbons (Fsp3) is 0.333. The van der Waals surface area contributed by atoms with Gasteiger partial charge >= 0.3 is 0 Å². The molecule has 0 aliphatic rings. The van der Waals surface area contributed by atoms with E-state index in [4.69, 9.17) is 10.5 Å². The average molecular weight is 179 g/mol. The van der Waals surface area contributed by atoms with Crippen molar-refractivity contribution >= 4 is 5.95 Å². The second-order valence-electron chi connectivity index (χ2n) is 2.53. The van der Waals surface area contributed by atoms with Gasteiger partial charge in [0.25, 0.3) is 0 Å². The second kappa shape index (κ2) is 5.13. The van der Waals surface area contributed by atoms with Gasteiger partial charge in [-0.25, -0.2) is 4.98 Å². The van der Waals surface area contributed by atoms with Crippen molar-refractivity contribution in [2.45, 2.75) is 12.8 Å². The summed E-state index contributed by atoms with van der Waals surface area (Å²) in [6, 6.07) is 1.68. The maximum absolute atomic E-state index is 5.37. The van der Waals surface area contributed by atoms with Gasteiger partial charge in [0, 0.05) is 12.3 Å². The lowest BCUT2D eigenvalue weighted by Gasteiger charge is -2.03. The fourth-order valence-electron chi connectivity index (χ4n) is 0.841. The molecule has 4 nitrogen and oxygen atoms in total. The molecule has 0 saturated heterocycles. The number of unbranched alkanes of at least 4 members (excludes halogenated alkanes) is 1. The molecule has 0 aliphatic heterocycles. The Bertz CT molecular complexity index is 275. The normalized spacial score (nSPS) is 9.54. The zero-order valence-electron chi connectivity index (χ0n) is 7.44. The number of allylic oxidation sites excluding steroid dienone is 1. The van der Waals surface area contributed by atoms with Crippen LogP contribution in [0.1, 0.15) is 12.8 Å². The van der Waals surface area contributed by atoms with Gasteiger partial charge in [-0.15, -0.1) is 6.58 Å². The molecule has 0 unspecified atom stereocenters. The molecule has 0 fully saturated rings. The van der Waals surface area contributed by atoms with Crippen molar-refractivity contribution in [1.82, 2.24) is 9.97 Å². The number of ether oxygens (including phenoxy) is 1. The SMILES string of the molecule is C=CCCCOc1ccnc(N)n1. The van der Waals surface area contributed by atoms with Gasteiger partial charge in [-0.2, -0.15) is 4.98 Å². The van der Waals surface area contributed by atoms with Gasteiger partial charge in [-0.1, -0.05) is 6.08 Å². The van der Waals surface area contributed by atoms with E-state index in [2.05, 4.69) is 16.5 Å². The summed E-state index contributed by atoms with van der Waals surface area (Å²) in [6.45, 7) is 4.25. The number of hydrogen-bond acceptors (Lipinski definition) is 4. The molecular weight excluding hydrogens is 166 g/mol. The van der Waals surface area contributed by atoms with Crippen molar-refractivity contribution in [3.63, 3.8) is 0 Å². The van der Waals surface area contributed by atoms with E-state index in [1.54, 1.807) is 12.3 Å². The van der Waals surface area contributed by atoms with Crippen molar-refractivity contribution in [3.05, 3.63) is 24.9 Å². The van der Waals surface area contributed by atoms with E-state index in [-0.39, 0.29) is 5.95 Å². The first-order valence-electron chi connectivity index (χ1n) is 4.15. The zero-order chi connectivity index (χ0) is 9.52. The predicted octanol–water partition coefficient (Wildman–Crippen LogP) is 1.40. The monoisotopic (exact) mass is 179 g/mol. The topological polar surface area (TPSA) is 61.0 Å². The lowest BCUT2D eigenvalue weighted by Crippen LogP contribution is -2.01. The van der Waals surface area contributed by atoms with E-state index < -0.39 is 0 Å². The van der Waals surface area contributed by atoms with E-state index in [0.717, 1.165) is 12.8 Å². The molecule has 0 atom stereocenters. The Morgan fingerprint density at radius 1 is 1.62 bits per heavy atom. The molecule has 2 N–H and O–H groups in total. The summed E-state index contributed by atoms with van der Waals surface area (Å²) < 4.78 is 5.31. The summed E-state index contributed by atoms with van der Waals surface area (Å²) >= 11 is 0. The van der Waals surface area contributed by atoms with Crippen molar-refractivity contribution in [2.24, 2.45) is 0 Å². The van der Waals surface area contributed by atoms with E-state index in [0.29, 0.717) is 12.5 Å². The van der Waals surface area contributed by atoms with Crippen LogP contribution in [0.5, 0.6) is 5.88 Å². The highest BCUT2D eigenvalue weighted by molar-refractivity contribution is 5.20. The minimum absolute atomic E-state index is 0.237. The number of nitrogens with zero attached hydrogens (tertiary/aromatic N) is 2. The molecule has 0 radical (unpaired) electrons. The smallest absolute Gasteiger partial charge is 0.223 e. The van der Waals surface area contributed by atoms with Gasteiger partial charge in [-0.05, 0) is 12.8 Å². The maximum atomic E-state index is 5.37. The average Bonchev–Trinajstić information content (AvgIpc) is 2.13. The summed E-state index contributed by atoms with van der Waals surface area (Å²) in [6.07, 6.45) is 5.32. The van der Waals surface area contributed by atoms with Crippen molar-refractivity contribution in [3.8, 4) is 5.88 Å². The summed E-state index contributed by atoms with van der Waals surface area (Å²) in [7, 11) is 0. The Hall–Kier alpha value is -1.58. The van der Waals surface area contributed by atoms with E-state index in [1.165, 1.54) is 0 Å². The van der Waals surface area contributed by atoms with Crippen LogP contribution in [0.4, 0.5) is 5.95 Å². The van der Waals surface area contributed by atoms with Gasteiger partial charge in [0.05, 0.1) is 6.61 Å². The molecule has 1 aromatic rings. The highest BCUT2D eigenvalue weighted by Crippen LogP contribution is 2.06. The van der Waals surface area contributed by atoms with Gasteiger partial charge in [0.1, 0.15) is 0 Å². The number of nitrogens with two attached hydrogens (primary N) is 1. The third-order valence-electron chi connectivity index (χ3n) is 1.45. The largest absolute Gasteiger partial charge is 0.478 e. The van der Waals surface area contributed by atoms with Crippen LogP contribution in [-0.2, 0) is 0 Å². The van der Waals surface area contributed by atoms with Crippen molar-refractivity contribution < 1.29 is 4.74 Å². The van der Waals surface area contributed by atoms with Gasteiger partial charge < -0.3 is 10.5 Å². The quantitative estimate of drug-likeness (QED) is 0.548. The van der Waals surface area contributed by atoms with Crippen molar-refractivity contribution in [2.75, 3.05) is 12.3 Å². The Morgan fingerprint density at radius 2 is 2.46 bits per heavy atom. The number of nitrogen functional groups attached to an aromatic ring is 1. The molecule has 0 bridgehead atoms. The van der Waals surface area contributed by atoms with Crippen LogP contribution in [0, 0.1) is 0 Å². The lowest BCUT2D eigenvalue weighted by atomic mass is 10.3. The molecule has 4 heteroatoms. The standard InChI is InChI=1S/C9H13N3O/c1-2-3-4-7-13-8-5-6-11-9(10)12-8/h2,5-6H,1,3-4,7H2,(H2,10,11,12). The Labute approximate surface area is 77.5 Å². The fourth-order valence-corrected chi connectivity index (χ4v) is 0.841. The molecule has 1 rings (SSSR count). The summed E-state index contributed by atoms with van der Waals surface area (Å²) in [5.41, 5.74) is 5.37. The summed E-state index contributed by atoms with van der Waals surface area (Å²) in [4.78, 5) is 7.64. The van der Waals surface area contributed by atoms with Crippen LogP contribution in [0.25, 0.3) is 0 Å². The third kappa shape index (κ3) is 3.55. The van der Waals surface area contributed by atoms with Crippen molar-refractivity contribution in [1.29, 1.82) is 0 Å². The minimum Gasteiger partial charge on any atom is -0.478 e. The molecular formula is C9H13N3O. The molecule has 0 aromatic carbocycles. The van der Waals surface area contributed by atoms with Crippen LogP contribution < -0.4 is 10.5 Å². The summed E-state index contributed by atoms with van der Waals surface area (Å²) in [5, 5.41) is 0. The number of aromatic nitrogens is 2. The first-order valence-corrected chi connectivity index (χ1v) is 4.15. The Morgan fingerprint density at radius 3 is 3.15 bits per heavy atom. The van der Waals surface area contributed by atoms with Crippen LogP contribution in [0.3, 0.4) is 0 Å². The maximum Gasteiger partial charge on any atom is 0.223 e. The Balaban J connectivity index is 2.32. The van der Waals surface area contributed by atoms with E-state index in [9.17, 15) is 0 Å². The van der Waals surface area contributed by atoms with Crippen LogP contribution in [0.15, 0.2) is 24.9 Å². The number of anilines is 1. The van der Waals surface area contributed by atoms with Gasteiger partial charge in [0.2, 0.25) is 11.8 Å². The number of hydrogen-bond donors (Lipinski definition) is 1. The Kier molecular flexibility index (Phi) is 3.75. The molecule has 1 aromatic heterocycles. The zero-order valence-corrected chi connectivity index (χ0v) is 7.44. The molecule has 0 spiro atoms. The molecule has 0 aliphatic carbocycles. The number of rotatable bonds is 5. The second-order valence-corrected chi connectivity index (χ2v) is 2.53. The van der Waals surface area contributed by atoms with Crippen LogP contribution >= 0.6 is 0 Å².